The summed E-state index contributed by atoms with van der Waals surface area (Å²) in [6, 6.07) is 4.83. The van der Waals surface area contributed by atoms with E-state index < -0.39 is 28.4 Å². The van der Waals surface area contributed by atoms with Crippen molar-refractivity contribution in [1.29, 1.82) is 0 Å². The van der Waals surface area contributed by atoms with Crippen molar-refractivity contribution in [3.05, 3.63) is 51.3 Å². The summed E-state index contributed by atoms with van der Waals surface area (Å²) < 4.78 is 4.97. The quantitative estimate of drug-likeness (QED) is 0.463. The monoisotopic (exact) mass is 334 g/mol. The van der Waals surface area contributed by atoms with Crippen LogP contribution in [0.1, 0.15) is 24.9 Å². The first-order chi connectivity index (χ1) is 11.4. The molecule has 128 valence electrons. The number of ketones is 1. The first-order valence-corrected chi connectivity index (χ1v) is 7.36. The number of non-ortho nitro benzene ring substituents is 1. The molecule has 8 nitrogen and oxygen atoms in total. The number of methoxy groups -OCH3 is 1. The van der Waals surface area contributed by atoms with Gasteiger partial charge in [0.1, 0.15) is 0 Å². The van der Waals surface area contributed by atoms with Crippen LogP contribution in [0, 0.1) is 10.1 Å². The number of ether oxygens (including phenoxy) is 1. The van der Waals surface area contributed by atoms with Gasteiger partial charge in [0.05, 0.1) is 16.5 Å². The van der Waals surface area contributed by atoms with E-state index in [1.807, 2.05) is 0 Å². The van der Waals surface area contributed by atoms with Gasteiger partial charge in [0, 0.05) is 32.4 Å². The third-order valence-electron chi connectivity index (χ3n) is 3.85. The summed E-state index contributed by atoms with van der Waals surface area (Å²) in [5.74, 6) is -1.61. The van der Waals surface area contributed by atoms with Gasteiger partial charge < -0.3 is 14.7 Å². The van der Waals surface area contributed by atoms with Crippen molar-refractivity contribution in [1.82, 2.24) is 4.90 Å². The summed E-state index contributed by atoms with van der Waals surface area (Å²) in [6.45, 7) is 1.98. The van der Waals surface area contributed by atoms with Gasteiger partial charge in [-0.15, -0.1) is 0 Å². The molecule has 1 unspecified atom stereocenters. The molecule has 1 amide bonds. The molecule has 1 heterocycles. The number of amides is 1. The maximum Gasteiger partial charge on any atom is 0.290 e. The van der Waals surface area contributed by atoms with Crippen molar-refractivity contribution in [2.75, 3.05) is 20.3 Å². The third-order valence-corrected chi connectivity index (χ3v) is 3.85. The van der Waals surface area contributed by atoms with Crippen LogP contribution < -0.4 is 0 Å². The molecule has 1 N–H and O–H groups in total. The molecule has 1 aliphatic rings. The number of hydrogen-bond acceptors (Lipinski definition) is 6. The minimum atomic E-state index is -0.757. The van der Waals surface area contributed by atoms with Crippen LogP contribution in [0.4, 0.5) is 5.69 Å². The lowest BCUT2D eigenvalue weighted by Crippen LogP contribution is -2.32. The average Bonchev–Trinajstić information content (AvgIpc) is 2.80. The van der Waals surface area contributed by atoms with Crippen LogP contribution in [-0.4, -0.2) is 46.9 Å². The predicted octanol–water partition coefficient (Wildman–Crippen LogP) is 1.92. The molecule has 0 aliphatic carbocycles. The second-order valence-electron chi connectivity index (χ2n) is 5.41. The van der Waals surface area contributed by atoms with Crippen LogP contribution in [-0.2, 0) is 14.3 Å². The Morgan fingerprint density at radius 1 is 1.38 bits per heavy atom. The van der Waals surface area contributed by atoms with Gasteiger partial charge in [-0.05, 0) is 31.0 Å². The second-order valence-corrected chi connectivity index (χ2v) is 5.41. The standard InChI is InChI=1S/C16H18N2O6/c1-10(19)13-14(11-4-6-12(7-5-11)18(22)23)17(8-3-9-24-2)16(21)15(13)20/h4-7,14,20H,3,8-9H2,1-2H3. The molecule has 2 rings (SSSR count). The van der Waals surface area contributed by atoms with Gasteiger partial charge in [0.15, 0.2) is 11.5 Å². The molecular formula is C16H18N2O6. The number of aliphatic hydroxyl groups is 1. The SMILES string of the molecule is COCCCN1C(=O)C(O)=C(C(C)=O)C1c1ccc([N+](=O)[O-])cc1. The van der Waals surface area contributed by atoms with Crippen LogP contribution in [0.2, 0.25) is 0 Å². The van der Waals surface area contributed by atoms with Crippen molar-refractivity contribution in [3.63, 3.8) is 0 Å². The zero-order valence-electron chi connectivity index (χ0n) is 13.4. The Balaban J connectivity index is 2.40. The zero-order chi connectivity index (χ0) is 17.9. The maximum absolute atomic E-state index is 12.3. The molecule has 0 fully saturated rings. The number of hydrogen-bond donors (Lipinski definition) is 1. The molecule has 0 saturated carbocycles. The molecule has 0 spiro atoms. The van der Waals surface area contributed by atoms with Gasteiger partial charge in [-0.25, -0.2) is 0 Å². The molecule has 8 heteroatoms. The van der Waals surface area contributed by atoms with Crippen molar-refractivity contribution >= 4 is 17.4 Å². The van der Waals surface area contributed by atoms with E-state index in [1.54, 1.807) is 0 Å². The fraction of sp³-hybridized carbons (Fsp3) is 0.375. The Hall–Kier alpha value is -2.74. The smallest absolute Gasteiger partial charge is 0.290 e. The largest absolute Gasteiger partial charge is 0.503 e. The van der Waals surface area contributed by atoms with E-state index in [1.165, 1.54) is 43.2 Å². The van der Waals surface area contributed by atoms with Crippen LogP contribution in [0.15, 0.2) is 35.6 Å². The lowest BCUT2D eigenvalue weighted by molar-refractivity contribution is -0.384. The number of Topliss-reactive ketones (excluding diaryl/α,β-unsaturated/α-hetero) is 1. The van der Waals surface area contributed by atoms with Crippen molar-refractivity contribution in [2.45, 2.75) is 19.4 Å². The lowest BCUT2D eigenvalue weighted by Gasteiger charge is -2.26. The Bertz CT molecular complexity index is 695. The van der Waals surface area contributed by atoms with Gasteiger partial charge in [0.25, 0.3) is 11.6 Å². The minimum absolute atomic E-state index is 0.00581. The van der Waals surface area contributed by atoms with Crippen molar-refractivity contribution < 1.29 is 24.4 Å². The van der Waals surface area contributed by atoms with E-state index in [0.29, 0.717) is 18.6 Å². The first kappa shape index (κ1) is 17.6. The van der Waals surface area contributed by atoms with E-state index in [0.717, 1.165) is 0 Å². The summed E-state index contributed by atoms with van der Waals surface area (Å²) in [5, 5.41) is 20.8. The number of carbonyl (C=O) groups is 2. The molecule has 1 aromatic carbocycles. The fourth-order valence-corrected chi connectivity index (χ4v) is 2.75. The van der Waals surface area contributed by atoms with Crippen LogP contribution in [0.5, 0.6) is 0 Å². The fourth-order valence-electron chi connectivity index (χ4n) is 2.75. The van der Waals surface area contributed by atoms with Gasteiger partial charge in [-0.1, -0.05) is 0 Å². The molecule has 1 aliphatic heterocycles. The topological polar surface area (TPSA) is 110 Å². The number of nitrogens with zero attached hydrogens (tertiary/aromatic N) is 2. The van der Waals surface area contributed by atoms with Crippen LogP contribution >= 0.6 is 0 Å². The molecular weight excluding hydrogens is 316 g/mol. The Morgan fingerprint density at radius 2 is 2.00 bits per heavy atom. The highest BCUT2D eigenvalue weighted by atomic mass is 16.6. The van der Waals surface area contributed by atoms with Gasteiger partial charge in [-0.3, -0.25) is 19.7 Å². The highest BCUT2D eigenvalue weighted by Gasteiger charge is 2.42. The van der Waals surface area contributed by atoms with Gasteiger partial charge in [-0.2, -0.15) is 0 Å². The van der Waals surface area contributed by atoms with E-state index in [2.05, 4.69) is 0 Å². The second kappa shape index (κ2) is 7.22. The highest BCUT2D eigenvalue weighted by molar-refractivity contribution is 6.08. The molecule has 1 aromatic rings. The molecule has 1 atom stereocenters. The minimum Gasteiger partial charge on any atom is -0.503 e. The summed E-state index contributed by atoms with van der Waals surface area (Å²) in [7, 11) is 1.54. The van der Waals surface area contributed by atoms with Gasteiger partial charge >= 0.3 is 0 Å². The number of aliphatic hydroxyl groups excluding tert-OH is 1. The van der Waals surface area contributed by atoms with Crippen molar-refractivity contribution in [3.8, 4) is 0 Å². The van der Waals surface area contributed by atoms with E-state index >= 15 is 0 Å². The number of rotatable bonds is 7. The summed E-state index contributed by atoms with van der Waals surface area (Å²) in [6.07, 6.45) is 0.532. The molecule has 0 saturated heterocycles. The summed E-state index contributed by atoms with van der Waals surface area (Å²) in [5.41, 5.74) is 0.443. The maximum atomic E-state index is 12.3. The van der Waals surface area contributed by atoms with E-state index in [-0.39, 0.29) is 17.8 Å². The van der Waals surface area contributed by atoms with E-state index in [4.69, 9.17) is 4.74 Å². The van der Waals surface area contributed by atoms with E-state index in [9.17, 15) is 24.8 Å². The number of carbonyl (C=O) groups excluding carboxylic acids is 2. The van der Waals surface area contributed by atoms with Crippen LogP contribution in [0.3, 0.4) is 0 Å². The molecule has 0 aromatic heterocycles. The first-order valence-electron chi connectivity index (χ1n) is 7.36. The Morgan fingerprint density at radius 3 is 2.50 bits per heavy atom. The summed E-state index contributed by atoms with van der Waals surface area (Å²) >= 11 is 0. The Kier molecular flexibility index (Phi) is 5.30. The van der Waals surface area contributed by atoms with Crippen molar-refractivity contribution in [2.24, 2.45) is 0 Å². The third kappa shape index (κ3) is 3.28. The van der Waals surface area contributed by atoms with Gasteiger partial charge in [0.2, 0.25) is 0 Å². The Labute approximate surface area is 138 Å². The molecule has 24 heavy (non-hydrogen) atoms. The average molecular weight is 334 g/mol. The number of nitro groups is 1. The normalized spacial score (nSPS) is 17.5. The zero-order valence-corrected chi connectivity index (χ0v) is 13.4. The lowest BCUT2D eigenvalue weighted by atomic mass is 9.96. The molecule has 0 radical (unpaired) electrons. The number of benzene rings is 1. The number of nitro benzene ring substituents is 1. The predicted molar refractivity (Wildman–Crippen MR) is 84.4 cm³/mol. The molecule has 0 bridgehead atoms. The van der Waals surface area contributed by atoms with Crippen LogP contribution in [0.25, 0.3) is 0 Å². The highest BCUT2D eigenvalue weighted by Crippen LogP contribution is 2.38. The summed E-state index contributed by atoms with van der Waals surface area (Å²) in [4.78, 5) is 35.8.